The summed E-state index contributed by atoms with van der Waals surface area (Å²) in [6, 6.07) is 13.6. The van der Waals surface area contributed by atoms with Gasteiger partial charge in [0.25, 0.3) is 5.91 Å². The first-order valence-electron chi connectivity index (χ1n) is 7.69. The molecule has 4 rings (SSSR count). The Kier molecular flexibility index (Phi) is 4.25. The highest BCUT2D eigenvalue weighted by Crippen LogP contribution is 2.39. The summed E-state index contributed by atoms with van der Waals surface area (Å²) >= 11 is 3.13. The molecule has 0 saturated carbocycles. The first-order chi connectivity index (χ1) is 12.2. The van der Waals surface area contributed by atoms with Gasteiger partial charge in [-0.15, -0.1) is 22.7 Å². The van der Waals surface area contributed by atoms with E-state index in [1.807, 2.05) is 18.2 Å². The third-order valence-corrected chi connectivity index (χ3v) is 6.14. The molecule has 126 valence electrons. The zero-order chi connectivity index (χ0) is 17.2. The fourth-order valence-corrected chi connectivity index (χ4v) is 4.96. The normalized spacial score (nSPS) is 11.0. The van der Waals surface area contributed by atoms with Crippen molar-refractivity contribution in [1.29, 1.82) is 0 Å². The van der Waals surface area contributed by atoms with E-state index in [2.05, 4.69) is 22.8 Å². The van der Waals surface area contributed by atoms with Crippen LogP contribution in [-0.2, 0) is 11.3 Å². The Labute approximate surface area is 151 Å². The number of thiophene rings is 2. The molecule has 5 nitrogen and oxygen atoms in total. The van der Waals surface area contributed by atoms with Gasteiger partial charge in [0.1, 0.15) is 5.76 Å². The van der Waals surface area contributed by atoms with Crippen molar-refractivity contribution in [1.82, 2.24) is 10.6 Å². The van der Waals surface area contributed by atoms with Gasteiger partial charge in [-0.2, -0.15) is 0 Å². The summed E-state index contributed by atoms with van der Waals surface area (Å²) < 4.78 is 8.57. The Morgan fingerprint density at radius 3 is 2.72 bits per heavy atom. The quantitative estimate of drug-likeness (QED) is 0.562. The number of benzene rings is 1. The van der Waals surface area contributed by atoms with Crippen LogP contribution >= 0.6 is 22.7 Å². The maximum atomic E-state index is 12.3. The van der Waals surface area contributed by atoms with Gasteiger partial charge in [-0.1, -0.05) is 18.2 Å². The van der Waals surface area contributed by atoms with Gasteiger partial charge in [0.15, 0.2) is 0 Å². The fourth-order valence-electron chi connectivity index (χ4n) is 2.52. The van der Waals surface area contributed by atoms with Crippen LogP contribution in [0.15, 0.2) is 53.1 Å². The zero-order valence-corrected chi connectivity index (χ0v) is 14.7. The summed E-state index contributed by atoms with van der Waals surface area (Å²) in [6.45, 7) is 0.244. The molecule has 0 saturated heterocycles. The first kappa shape index (κ1) is 15.9. The molecule has 0 unspecified atom stereocenters. The second kappa shape index (κ2) is 6.70. The highest BCUT2D eigenvalue weighted by atomic mass is 32.1. The van der Waals surface area contributed by atoms with Crippen molar-refractivity contribution in [3.63, 3.8) is 0 Å². The van der Waals surface area contributed by atoms with E-state index in [-0.39, 0.29) is 18.4 Å². The fraction of sp³-hybridized carbons (Fsp3) is 0.111. The topological polar surface area (TPSA) is 71.3 Å². The van der Waals surface area contributed by atoms with Gasteiger partial charge in [-0.3, -0.25) is 9.59 Å². The molecule has 2 amide bonds. The summed E-state index contributed by atoms with van der Waals surface area (Å²) in [7, 11) is 0. The molecule has 0 aliphatic rings. The van der Waals surface area contributed by atoms with Crippen LogP contribution in [-0.4, -0.2) is 18.4 Å². The maximum Gasteiger partial charge on any atom is 0.261 e. The molecule has 1 aromatic carbocycles. The van der Waals surface area contributed by atoms with Gasteiger partial charge in [-0.05, 0) is 24.3 Å². The third kappa shape index (κ3) is 3.29. The maximum absolute atomic E-state index is 12.3. The van der Waals surface area contributed by atoms with Crippen LogP contribution in [0, 0.1) is 0 Å². The largest absolute Gasteiger partial charge is 0.467 e. The van der Waals surface area contributed by atoms with E-state index in [0.717, 1.165) is 9.40 Å². The summed E-state index contributed by atoms with van der Waals surface area (Å²) in [5.41, 5.74) is 0. The molecule has 3 aromatic heterocycles. The molecule has 25 heavy (non-hydrogen) atoms. The predicted octanol–water partition coefficient (Wildman–Crippen LogP) is 3.76. The Morgan fingerprint density at radius 1 is 1.00 bits per heavy atom. The molecule has 3 heterocycles. The van der Waals surface area contributed by atoms with Crippen molar-refractivity contribution in [3.05, 3.63) is 59.4 Å². The van der Waals surface area contributed by atoms with E-state index < -0.39 is 0 Å². The molecule has 0 atom stereocenters. The van der Waals surface area contributed by atoms with Crippen LogP contribution in [0.5, 0.6) is 0 Å². The van der Waals surface area contributed by atoms with E-state index in [9.17, 15) is 9.59 Å². The van der Waals surface area contributed by atoms with Crippen molar-refractivity contribution in [2.45, 2.75) is 6.54 Å². The van der Waals surface area contributed by atoms with Crippen LogP contribution in [0.2, 0.25) is 0 Å². The van der Waals surface area contributed by atoms with Crippen LogP contribution < -0.4 is 10.6 Å². The van der Waals surface area contributed by atoms with Crippen molar-refractivity contribution >= 4 is 54.0 Å². The number of hydrogen-bond donors (Lipinski definition) is 2. The van der Waals surface area contributed by atoms with Crippen LogP contribution in [0.4, 0.5) is 0 Å². The van der Waals surface area contributed by atoms with E-state index >= 15 is 0 Å². The lowest BCUT2D eigenvalue weighted by atomic mass is 10.2. The van der Waals surface area contributed by atoms with Crippen LogP contribution in [0.1, 0.15) is 15.4 Å². The average Bonchev–Trinajstić information content (AvgIpc) is 3.33. The number of fused-ring (bicyclic) bond motifs is 3. The highest BCUT2D eigenvalue weighted by molar-refractivity contribution is 7.33. The number of nitrogens with one attached hydrogen (secondary N) is 2. The molecule has 4 aromatic rings. The van der Waals surface area contributed by atoms with Gasteiger partial charge in [0.2, 0.25) is 5.91 Å². The van der Waals surface area contributed by atoms with Gasteiger partial charge < -0.3 is 15.1 Å². The van der Waals surface area contributed by atoms with E-state index in [1.165, 1.54) is 21.4 Å². The van der Waals surface area contributed by atoms with Crippen LogP contribution in [0.25, 0.3) is 19.5 Å². The Morgan fingerprint density at radius 2 is 1.88 bits per heavy atom. The number of carbonyl (C=O) groups is 2. The monoisotopic (exact) mass is 370 g/mol. The third-order valence-electron chi connectivity index (χ3n) is 3.72. The van der Waals surface area contributed by atoms with E-state index in [4.69, 9.17) is 4.42 Å². The lowest BCUT2D eigenvalue weighted by Gasteiger charge is -2.04. The summed E-state index contributed by atoms with van der Waals surface area (Å²) in [4.78, 5) is 24.7. The van der Waals surface area contributed by atoms with Crippen molar-refractivity contribution in [3.8, 4) is 0 Å². The summed E-state index contributed by atoms with van der Waals surface area (Å²) in [6.07, 6.45) is 1.55. The summed E-state index contributed by atoms with van der Waals surface area (Å²) in [5, 5.41) is 6.53. The molecule has 2 N–H and O–H groups in total. The molecular formula is C18H14N2O3S2. The van der Waals surface area contributed by atoms with Crippen molar-refractivity contribution < 1.29 is 14.0 Å². The Hall–Kier alpha value is -2.64. The van der Waals surface area contributed by atoms with Gasteiger partial charge >= 0.3 is 0 Å². The predicted molar refractivity (Wildman–Crippen MR) is 100 cm³/mol. The smallest absolute Gasteiger partial charge is 0.261 e. The average molecular weight is 370 g/mol. The van der Waals surface area contributed by atoms with Crippen molar-refractivity contribution in [2.24, 2.45) is 0 Å². The minimum Gasteiger partial charge on any atom is -0.467 e. The lowest BCUT2D eigenvalue weighted by Crippen LogP contribution is -2.36. The number of hydrogen-bond acceptors (Lipinski definition) is 5. The van der Waals surface area contributed by atoms with Gasteiger partial charge in [0.05, 0.1) is 28.9 Å². The van der Waals surface area contributed by atoms with E-state index in [1.54, 1.807) is 29.7 Å². The van der Waals surface area contributed by atoms with Gasteiger partial charge in [0, 0.05) is 14.8 Å². The number of rotatable bonds is 5. The zero-order valence-electron chi connectivity index (χ0n) is 13.1. The molecule has 0 aliphatic heterocycles. The minimum atomic E-state index is -0.256. The van der Waals surface area contributed by atoms with Crippen molar-refractivity contribution in [2.75, 3.05) is 6.54 Å². The number of amides is 2. The minimum absolute atomic E-state index is 0.0637. The number of furan rings is 1. The molecule has 0 spiro atoms. The standard InChI is InChI=1S/C18H14N2O3S2/c21-16(19-9-11-4-3-7-23-11)10-20-18(22)15-8-14-17(25-15)12-5-1-2-6-13(12)24-14/h1-8H,9-10H2,(H,19,21)(H,20,22). The molecule has 0 fully saturated rings. The lowest BCUT2D eigenvalue weighted by molar-refractivity contribution is -0.120. The highest BCUT2D eigenvalue weighted by Gasteiger charge is 2.15. The molecule has 0 bridgehead atoms. The number of carbonyl (C=O) groups excluding carboxylic acids is 2. The molecule has 0 aliphatic carbocycles. The summed E-state index contributed by atoms with van der Waals surface area (Å²) in [5.74, 6) is 0.184. The second-order valence-electron chi connectivity index (χ2n) is 5.44. The molecular weight excluding hydrogens is 356 g/mol. The van der Waals surface area contributed by atoms with Gasteiger partial charge in [-0.25, -0.2) is 0 Å². The molecule has 0 radical (unpaired) electrons. The van der Waals surface area contributed by atoms with Crippen LogP contribution in [0.3, 0.4) is 0 Å². The molecule has 7 heteroatoms. The Bertz CT molecular complexity index is 1050. The SMILES string of the molecule is O=C(CNC(=O)c1cc2sc3ccccc3c2s1)NCc1ccco1. The first-order valence-corrected chi connectivity index (χ1v) is 9.32. The Balaban J connectivity index is 1.39. The second-order valence-corrected chi connectivity index (χ2v) is 7.58. The van der Waals surface area contributed by atoms with E-state index in [0.29, 0.717) is 17.2 Å².